The average Bonchev–Trinajstić information content (AvgIpc) is 3.06. The summed E-state index contributed by atoms with van der Waals surface area (Å²) >= 11 is 0. The minimum atomic E-state index is -0.509. The van der Waals surface area contributed by atoms with Gasteiger partial charge in [0.15, 0.2) is 0 Å². The highest BCUT2D eigenvalue weighted by atomic mass is 16.5. The van der Waals surface area contributed by atoms with Crippen molar-refractivity contribution in [2.75, 3.05) is 38.7 Å². The maximum absolute atomic E-state index is 14.3. The van der Waals surface area contributed by atoms with Gasteiger partial charge in [0, 0.05) is 49.5 Å². The van der Waals surface area contributed by atoms with Gasteiger partial charge in [-0.3, -0.25) is 14.4 Å². The van der Waals surface area contributed by atoms with Gasteiger partial charge in [-0.05, 0) is 75.6 Å². The Bertz CT molecular complexity index is 1420. The predicted molar refractivity (Wildman–Crippen MR) is 175 cm³/mol. The predicted octanol–water partition coefficient (Wildman–Crippen LogP) is 5.51. The van der Waals surface area contributed by atoms with Gasteiger partial charge in [0.25, 0.3) is 17.7 Å². The average molecular weight is 616 g/mol. The summed E-state index contributed by atoms with van der Waals surface area (Å²) in [4.78, 5) is 43.7. The minimum Gasteiger partial charge on any atom is -0.490 e. The first-order valence-corrected chi connectivity index (χ1v) is 15.7. The van der Waals surface area contributed by atoms with E-state index >= 15 is 0 Å². The molecule has 0 saturated carbocycles. The van der Waals surface area contributed by atoms with Gasteiger partial charge in [0.1, 0.15) is 5.75 Å². The highest BCUT2D eigenvalue weighted by Crippen LogP contribution is 2.29. The van der Waals surface area contributed by atoms with E-state index in [4.69, 9.17) is 9.47 Å². The molecule has 1 aliphatic heterocycles. The number of benzene rings is 3. The molecule has 4 rings (SSSR count). The van der Waals surface area contributed by atoms with E-state index in [0.29, 0.717) is 41.3 Å². The van der Waals surface area contributed by atoms with Crippen molar-refractivity contribution in [2.24, 2.45) is 5.92 Å². The zero-order valence-electron chi connectivity index (χ0n) is 26.6. The number of carbonyl (C=O) groups excluding carboxylic acids is 3. The van der Waals surface area contributed by atoms with Gasteiger partial charge in [-0.15, -0.1) is 0 Å². The first kappa shape index (κ1) is 33.7. The second-order valence-corrected chi connectivity index (χ2v) is 11.9. The van der Waals surface area contributed by atoms with Gasteiger partial charge in [-0.25, -0.2) is 0 Å². The molecule has 3 amide bonds. The molecule has 1 heterocycles. The van der Waals surface area contributed by atoms with E-state index in [0.717, 1.165) is 19.3 Å². The largest absolute Gasteiger partial charge is 0.490 e. The van der Waals surface area contributed by atoms with E-state index in [1.807, 2.05) is 38.1 Å². The van der Waals surface area contributed by atoms with Gasteiger partial charge >= 0.3 is 0 Å². The van der Waals surface area contributed by atoms with Crippen LogP contribution in [0.4, 0.5) is 5.69 Å². The van der Waals surface area contributed by atoms with Crippen molar-refractivity contribution >= 4 is 23.4 Å². The third-order valence-electron chi connectivity index (χ3n) is 8.17. The standard InChI is InChI=1S/C36H45N3O6/c1-25-22-39(26(2)24-40)36(43)31-21-30(37-34(41)28-14-7-5-8-15-28)18-19-32(31)45-27(3)13-11-12-20-44-33(25)23-38(4)35(42)29-16-9-6-10-17-29/h5-10,14-19,21,25-27,33,40H,11-13,20,22-24H2,1-4H3,(H,37,41)/t25-,26-,27+,33-/m0/s1. The lowest BCUT2D eigenvalue weighted by Crippen LogP contribution is -2.48. The molecule has 0 saturated heterocycles. The van der Waals surface area contributed by atoms with Crippen LogP contribution >= 0.6 is 0 Å². The van der Waals surface area contributed by atoms with Crippen LogP contribution < -0.4 is 10.1 Å². The number of nitrogens with zero attached hydrogens (tertiary/aromatic N) is 2. The topological polar surface area (TPSA) is 108 Å². The number of rotatable bonds is 7. The van der Waals surface area contributed by atoms with Crippen LogP contribution in [0, 0.1) is 5.92 Å². The lowest BCUT2D eigenvalue weighted by Gasteiger charge is -2.36. The molecular formula is C36H45N3O6. The molecule has 0 radical (unpaired) electrons. The van der Waals surface area contributed by atoms with E-state index in [1.165, 1.54) is 0 Å². The number of hydrogen-bond donors (Lipinski definition) is 2. The van der Waals surface area contributed by atoms with Gasteiger partial charge in [0.2, 0.25) is 0 Å². The second-order valence-electron chi connectivity index (χ2n) is 11.9. The molecule has 240 valence electrons. The van der Waals surface area contributed by atoms with E-state index in [9.17, 15) is 19.5 Å². The van der Waals surface area contributed by atoms with Crippen LogP contribution in [0.2, 0.25) is 0 Å². The molecule has 3 aromatic rings. The second kappa shape index (κ2) is 16.2. The van der Waals surface area contributed by atoms with Crippen molar-refractivity contribution in [3.63, 3.8) is 0 Å². The van der Waals surface area contributed by atoms with E-state index < -0.39 is 6.04 Å². The van der Waals surface area contributed by atoms with Crippen LogP contribution in [0.25, 0.3) is 0 Å². The van der Waals surface area contributed by atoms with Crippen LogP contribution in [0.5, 0.6) is 5.75 Å². The number of likely N-dealkylation sites (N-methyl/N-ethyl adjacent to an activating group) is 1. The molecule has 9 heteroatoms. The number of carbonyl (C=O) groups is 3. The number of fused-ring (bicyclic) bond motifs is 1. The summed E-state index contributed by atoms with van der Waals surface area (Å²) in [5, 5.41) is 13.1. The van der Waals surface area contributed by atoms with Crippen molar-refractivity contribution in [1.82, 2.24) is 9.80 Å². The third-order valence-corrected chi connectivity index (χ3v) is 8.17. The van der Waals surface area contributed by atoms with E-state index in [2.05, 4.69) is 5.32 Å². The molecule has 0 unspecified atom stereocenters. The third kappa shape index (κ3) is 9.15. The van der Waals surface area contributed by atoms with Crippen molar-refractivity contribution in [3.8, 4) is 5.75 Å². The quantitative estimate of drug-likeness (QED) is 0.363. The van der Waals surface area contributed by atoms with Crippen molar-refractivity contribution in [1.29, 1.82) is 0 Å². The number of nitrogens with one attached hydrogen (secondary N) is 1. The Labute approximate surface area is 266 Å². The number of aliphatic hydroxyl groups excluding tert-OH is 1. The Hall–Kier alpha value is -4.21. The smallest absolute Gasteiger partial charge is 0.258 e. The maximum Gasteiger partial charge on any atom is 0.258 e. The number of amides is 3. The number of anilines is 1. The summed E-state index contributed by atoms with van der Waals surface area (Å²) in [5.41, 5.74) is 1.85. The lowest BCUT2D eigenvalue weighted by atomic mass is 10.0. The fourth-order valence-electron chi connectivity index (χ4n) is 5.41. The Morgan fingerprint density at radius 2 is 1.67 bits per heavy atom. The van der Waals surface area contributed by atoms with Gasteiger partial charge in [-0.1, -0.05) is 43.3 Å². The van der Waals surface area contributed by atoms with Crippen LogP contribution in [-0.2, 0) is 4.74 Å². The Kier molecular flexibility index (Phi) is 12.1. The van der Waals surface area contributed by atoms with Crippen LogP contribution in [0.15, 0.2) is 78.9 Å². The fraction of sp³-hybridized carbons (Fsp3) is 0.417. The molecule has 3 aromatic carbocycles. The molecule has 45 heavy (non-hydrogen) atoms. The molecule has 0 aliphatic carbocycles. The molecule has 0 spiro atoms. The molecule has 0 aromatic heterocycles. The molecule has 1 aliphatic rings. The molecule has 4 atom stereocenters. The number of aliphatic hydroxyl groups is 1. The Morgan fingerprint density at radius 1 is 1.00 bits per heavy atom. The first-order valence-electron chi connectivity index (χ1n) is 15.7. The van der Waals surface area contributed by atoms with Gasteiger partial charge in [0.05, 0.1) is 30.4 Å². The summed E-state index contributed by atoms with van der Waals surface area (Å²) in [6.45, 7) is 6.64. The monoisotopic (exact) mass is 615 g/mol. The summed E-state index contributed by atoms with van der Waals surface area (Å²) in [6.07, 6.45) is 1.92. The highest BCUT2D eigenvalue weighted by molar-refractivity contribution is 6.05. The summed E-state index contributed by atoms with van der Waals surface area (Å²) in [5.74, 6) is -0.479. The number of ether oxygens (including phenoxy) is 2. The normalized spacial score (nSPS) is 20.2. The van der Waals surface area contributed by atoms with E-state index in [1.54, 1.807) is 78.4 Å². The minimum absolute atomic E-state index is 0.104. The van der Waals surface area contributed by atoms with Gasteiger partial charge in [-0.2, -0.15) is 0 Å². The Morgan fingerprint density at radius 3 is 2.33 bits per heavy atom. The highest BCUT2D eigenvalue weighted by Gasteiger charge is 2.31. The lowest BCUT2D eigenvalue weighted by molar-refractivity contribution is -0.0149. The molecule has 0 bridgehead atoms. The summed E-state index contributed by atoms with van der Waals surface area (Å²) in [6, 6.07) is 22.6. The first-order chi connectivity index (χ1) is 21.7. The zero-order valence-corrected chi connectivity index (χ0v) is 26.6. The van der Waals surface area contributed by atoms with Crippen molar-refractivity contribution in [2.45, 2.75) is 58.3 Å². The summed E-state index contributed by atoms with van der Waals surface area (Å²) < 4.78 is 12.7. The SMILES string of the molecule is C[C@@H]1CCCCO[C@@H](CN(C)C(=O)c2ccccc2)[C@@H](C)CN([C@@H](C)CO)C(=O)c2cc(NC(=O)c3ccccc3)ccc2O1. The molecule has 2 N–H and O–H groups in total. The molecule has 9 nitrogen and oxygen atoms in total. The van der Waals surface area contributed by atoms with Crippen LogP contribution in [0.1, 0.15) is 71.1 Å². The molecule has 0 fully saturated rings. The molecular weight excluding hydrogens is 570 g/mol. The van der Waals surface area contributed by atoms with Crippen LogP contribution in [0.3, 0.4) is 0 Å². The zero-order chi connectivity index (χ0) is 32.3. The van der Waals surface area contributed by atoms with Crippen LogP contribution in [-0.4, -0.2) is 84.2 Å². The van der Waals surface area contributed by atoms with Crippen molar-refractivity contribution < 1.29 is 29.0 Å². The van der Waals surface area contributed by atoms with Gasteiger partial charge < -0.3 is 29.7 Å². The van der Waals surface area contributed by atoms with E-state index in [-0.39, 0.29) is 49.0 Å². The maximum atomic E-state index is 14.3. The summed E-state index contributed by atoms with van der Waals surface area (Å²) in [7, 11) is 1.76. The number of hydrogen-bond acceptors (Lipinski definition) is 6. The Balaban J connectivity index is 1.63. The van der Waals surface area contributed by atoms with Crippen molar-refractivity contribution in [3.05, 3.63) is 95.6 Å². The fourth-order valence-corrected chi connectivity index (χ4v) is 5.41.